The third-order valence-corrected chi connectivity index (χ3v) is 4.56. The van der Waals surface area contributed by atoms with Gasteiger partial charge in [-0.3, -0.25) is 0 Å². The highest BCUT2D eigenvalue weighted by Crippen LogP contribution is 2.16. The van der Waals surface area contributed by atoms with Gasteiger partial charge in [0.25, 0.3) is 0 Å². The van der Waals surface area contributed by atoms with Crippen LogP contribution >= 0.6 is 28.1 Å². The number of nitrogens with zero attached hydrogens (tertiary/aromatic N) is 1. The topological polar surface area (TPSA) is 24.5 Å². The summed E-state index contributed by atoms with van der Waals surface area (Å²) in [6, 6.07) is 14.0. The lowest BCUT2D eigenvalue weighted by Gasteiger charge is -2.21. The zero-order valence-electron chi connectivity index (χ0n) is 13.6. The Bertz CT molecular complexity index is 673. The molecule has 2 aromatic rings. The molecular formula is C18H21BrN2OS. The van der Waals surface area contributed by atoms with Crippen LogP contribution in [0.25, 0.3) is 0 Å². The van der Waals surface area contributed by atoms with Gasteiger partial charge in [0.05, 0.1) is 6.54 Å². The number of likely N-dealkylation sites (N-methyl/N-ethyl adjacent to an activating group) is 1. The highest BCUT2D eigenvalue weighted by molar-refractivity contribution is 9.10. The number of hydrogen-bond donors (Lipinski definition) is 1. The van der Waals surface area contributed by atoms with Crippen molar-refractivity contribution in [3.63, 3.8) is 0 Å². The summed E-state index contributed by atoms with van der Waals surface area (Å²) in [5, 5.41) is 3.95. The van der Waals surface area contributed by atoms with Crippen LogP contribution in [-0.2, 0) is 0 Å². The second-order valence-corrected chi connectivity index (χ2v) is 6.76. The molecule has 0 fully saturated rings. The van der Waals surface area contributed by atoms with E-state index in [-0.39, 0.29) is 0 Å². The monoisotopic (exact) mass is 392 g/mol. The lowest BCUT2D eigenvalue weighted by molar-refractivity contribution is 0.285. The van der Waals surface area contributed by atoms with Crippen molar-refractivity contribution in [1.29, 1.82) is 0 Å². The van der Waals surface area contributed by atoms with E-state index in [1.165, 1.54) is 11.1 Å². The van der Waals surface area contributed by atoms with E-state index >= 15 is 0 Å². The predicted octanol–water partition coefficient (Wildman–Crippen LogP) is 4.77. The first-order chi connectivity index (χ1) is 11.0. The molecule has 0 aliphatic carbocycles. The van der Waals surface area contributed by atoms with Crippen molar-refractivity contribution in [1.82, 2.24) is 4.90 Å². The molecule has 23 heavy (non-hydrogen) atoms. The number of aryl methyl sites for hydroxylation is 2. The van der Waals surface area contributed by atoms with Gasteiger partial charge >= 0.3 is 0 Å². The normalized spacial score (nSPS) is 10.3. The molecule has 0 saturated carbocycles. The Morgan fingerprint density at radius 3 is 2.48 bits per heavy atom. The van der Waals surface area contributed by atoms with E-state index in [0.717, 1.165) is 15.9 Å². The first-order valence-corrected chi connectivity index (χ1v) is 8.63. The van der Waals surface area contributed by atoms with Crippen molar-refractivity contribution in [3.05, 3.63) is 58.1 Å². The van der Waals surface area contributed by atoms with E-state index in [9.17, 15) is 0 Å². The third-order valence-electron chi connectivity index (χ3n) is 3.61. The first kappa shape index (κ1) is 17.8. The van der Waals surface area contributed by atoms with Crippen LogP contribution in [0.5, 0.6) is 5.75 Å². The molecule has 0 aromatic heterocycles. The van der Waals surface area contributed by atoms with Crippen LogP contribution in [0.15, 0.2) is 46.9 Å². The molecule has 0 amide bonds. The minimum atomic E-state index is 0.576. The van der Waals surface area contributed by atoms with Crippen molar-refractivity contribution in [2.24, 2.45) is 0 Å². The maximum atomic E-state index is 5.72. The van der Waals surface area contributed by atoms with Gasteiger partial charge in [-0.2, -0.15) is 0 Å². The number of thiocarbonyl (C=S) groups is 1. The number of ether oxygens (including phenoxy) is 1. The van der Waals surface area contributed by atoms with Gasteiger partial charge in [0, 0.05) is 17.2 Å². The van der Waals surface area contributed by atoms with Crippen LogP contribution in [0.1, 0.15) is 11.1 Å². The van der Waals surface area contributed by atoms with Gasteiger partial charge in [-0.1, -0.05) is 22.0 Å². The lowest BCUT2D eigenvalue weighted by Crippen LogP contribution is -2.34. The van der Waals surface area contributed by atoms with E-state index in [2.05, 4.69) is 47.2 Å². The predicted molar refractivity (Wildman–Crippen MR) is 104 cm³/mol. The van der Waals surface area contributed by atoms with E-state index in [4.69, 9.17) is 17.0 Å². The van der Waals surface area contributed by atoms with Gasteiger partial charge < -0.3 is 15.0 Å². The fourth-order valence-electron chi connectivity index (χ4n) is 1.97. The van der Waals surface area contributed by atoms with Crippen LogP contribution in [0.3, 0.4) is 0 Å². The van der Waals surface area contributed by atoms with Crippen LogP contribution in [0, 0.1) is 13.8 Å². The summed E-state index contributed by atoms with van der Waals surface area (Å²) in [6.07, 6.45) is 0. The summed E-state index contributed by atoms with van der Waals surface area (Å²) >= 11 is 8.84. The maximum Gasteiger partial charge on any atom is 0.173 e. The summed E-state index contributed by atoms with van der Waals surface area (Å²) < 4.78 is 6.76. The second-order valence-electron chi connectivity index (χ2n) is 5.45. The average molecular weight is 393 g/mol. The summed E-state index contributed by atoms with van der Waals surface area (Å²) in [5.41, 5.74) is 3.54. The van der Waals surface area contributed by atoms with Crippen molar-refractivity contribution in [2.75, 3.05) is 25.5 Å². The van der Waals surface area contributed by atoms with Crippen LogP contribution in [0.4, 0.5) is 5.69 Å². The molecular weight excluding hydrogens is 372 g/mol. The van der Waals surface area contributed by atoms with Crippen molar-refractivity contribution in [2.45, 2.75) is 13.8 Å². The molecule has 0 saturated heterocycles. The summed E-state index contributed by atoms with van der Waals surface area (Å²) in [6.45, 7) is 5.49. The Morgan fingerprint density at radius 1 is 1.13 bits per heavy atom. The summed E-state index contributed by atoms with van der Waals surface area (Å²) in [7, 11) is 1.96. The van der Waals surface area contributed by atoms with Crippen LogP contribution < -0.4 is 10.1 Å². The number of benzene rings is 2. The minimum Gasteiger partial charge on any atom is -0.492 e. The molecule has 0 unspecified atom stereocenters. The molecule has 0 radical (unpaired) electrons. The maximum absolute atomic E-state index is 5.72. The van der Waals surface area contributed by atoms with Gasteiger partial charge in [-0.15, -0.1) is 0 Å². The van der Waals surface area contributed by atoms with E-state index in [1.807, 2.05) is 42.3 Å². The summed E-state index contributed by atoms with van der Waals surface area (Å²) in [4.78, 5) is 1.98. The zero-order valence-corrected chi connectivity index (χ0v) is 16.0. The van der Waals surface area contributed by atoms with Crippen molar-refractivity contribution < 1.29 is 4.74 Å². The van der Waals surface area contributed by atoms with E-state index < -0.39 is 0 Å². The Balaban J connectivity index is 1.80. The molecule has 0 atom stereocenters. The van der Waals surface area contributed by atoms with Crippen molar-refractivity contribution >= 4 is 38.9 Å². The molecule has 0 bridgehead atoms. The van der Waals surface area contributed by atoms with Crippen LogP contribution in [-0.4, -0.2) is 30.2 Å². The molecule has 2 aromatic carbocycles. The molecule has 3 nitrogen and oxygen atoms in total. The van der Waals surface area contributed by atoms with Gasteiger partial charge in [-0.25, -0.2) is 0 Å². The minimum absolute atomic E-state index is 0.576. The smallest absolute Gasteiger partial charge is 0.173 e. The van der Waals surface area contributed by atoms with E-state index in [0.29, 0.717) is 18.3 Å². The Morgan fingerprint density at radius 2 is 1.83 bits per heavy atom. The number of halogens is 1. The zero-order chi connectivity index (χ0) is 16.8. The molecule has 0 heterocycles. The van der Waals surface area contributed by atoms with Gasteiger partial charge in [0.1, 0.15) is 12.4 Å². The number of rotatable bonds is 5. The van der Waals surface area contributed by atoms with Gasteiger partial charge in [0.2, 0.25) is 0 Å². The molecule has 5 heteroatoms. The number of nitrogens with one attached hydrogen (secondary N) is 1. The van der Waals surface area contributed by atoms with Crippen LogP contribution in [0.2, 0.25) is 0 Å². The Kier molecular flexibility index (Phi) is 6.42. The Labute approximate surface area is 151 Å². The van der Waals surface area contributed by atoms with Gasteiger partial charge in [-0.05, 0) is 73.6 Å². The highest BCUT2D eigenvalue weighted by atomic mass is 79.9. The average Bonchev–Trinajstić information content (AvgIpc) is 2.52. The molecule has 1 N–H and O–H groups in total. The molecule has 2 rings (SSSR count). The fraction of sp³-hybridized carbons (Fsp3) is 0.278. The number of hydrogen-bond acceptors (Lipinski definition) is 2. The standard InChI is InChI=1S/C18H21BrN2OS/c1-13-4-7-16(12-14(13)2)20-18(23)21(3)10-11-22-17-8-5-15(19)6-9-17/h4-9,12H,10-11H2,1-3H3,(H,20,23). The SMILES string of the molecule is Cc1ccc(NC(=S)N(C)CCOc2ccc(Br)cc2)cc1C. The molecule has 0 spiro atoms. The third kappa shape index (κ3) is 5.52. The van der Waals surface area contributed by atoms with Gasteiger partial charge in [0.15, 0.2) is 5.11 Å². The first-order valence-electron chi connectivity index (χ1n) is 7.43. The molecule has 0 aliphatic heterocycles. The molecule has 122 valence electrons. The quantitative estimate of drug-likeness (QED) is 0.740. The van der Waals surface area contributed by atoms with E-state index in [1.54, 1.807) is 0 Å². The van der Waals surface area contributed by atoms with Crippen molar-refractivity contribution in [3.8, 4) is 5.75 Å². The number of anilines is 1. The Hall–Kier alpha value is -1.59. The second kappa shape index (κ2) is 8.31. The summed E-state index contributed by atoms with van der Waals surface area (Å²) in [5.74, 6) is 0.856. The highest BCUT2D eigenvalue weighted by Gasteiger charge is 2.06. The lowest BCUT2D eigenvalue weighted by atomic mass is 10.1. The largest absolute Gasteiger partial charge is 0.492 e. The fourth-order valence-corrected chi connectivity index (χ4v) is 2.44. The molecule has 0 aliphatic rings.